The number of rotatable bonds is 4. The number of benzene rings is 1. The van der Waals surface area contributed by atoms with E-state index < -0.39 is 5.41 Å². The Morgan fingerprint density at radius 2 is 2.06 bits per heavy atom. The van der Waals surface area contributed by atoms with Crippen LogP contribution in [0.5, 0.6) is 0 Å². The highest BCUT2D eigenvalue weighted by atomic mass is 16.2. The van der Waals surface area contributed by atoms with Gasteiger partial charge in [-0.25, -0.2) is 0 Å². The lowest BCUT2D eigenvalue weighted by Gasteiger charge is -2.15. The molecule has 1 N–H and O–H groups in total. The Balaban J connectivity index is 2.31. The maximum Gasteiger partial charge on any atom is 0.234 e. The summed E-state index contributed by atoms with van der Waals surface area (Å²) in [6.45, 7) is 5.84. The largest absolute Gasteiger partial charge is 0.325 e. The molecule has 0 fully saturated rings. The van der Waals surface area contributed by atoms with E-state index in [1.807, 2.05) is 26.0 Å². The van der Waals surface area contributed by atoms with E-state index in [2.05, 4.69) is 12.2 Å². The smallest absolute Gasteiger partial charge is 0.234 e. The van der Waals surface area contributed by atoms with E-state index in [1.54, 1.807) is 6.07 Å². The van der Waals surface area contributed by atoms with Crippen molar-refractivity contribution < 1.29 is 9.59 Å². The van der Waals surface area contributed by atoms with Crippen LogP contribution in [-0.2, 0) is 10.2 Å². The highest BCUT2D eigenvalue weighted by Crippen LogP contribution is 2.37. The molecular formula is C15H19NO2. The molecule has 1 heterocycles. The lowest BCUT2D eigenvalue weighted by Crippen LogP contribution is -2.27. The van der Waals surface area contributed by atoms with E-state index in [1.165, 1.54) is 0 Å². The van der Waals surface area contributed by atoms with Gasteiger partial charge in [0.05, 0.1) is 5.41 Å². The molecule has 0 atom stereocenters. The molecule has 1 amide bonds. The summed E-state index contributed by atoms with van der Waals surface area (Å²) in [7, 11) is 0. The monoisotopic (exact) mass is 245 g/mol. The summed E-state index contributed by atoms with van der Waals surface area (Å²) in [6, 6.07) is 5.50. The third kappa shape index (κ3) is 2.05. The first-order valence-corrected chi connectivity index (χ1v) is 6.46. The first kappa shape index (κ1) is 12.8. The van der Waals surface area contributed by atoms with Crippen molar-refractivity contribution in [2.45, 2.75) is 45.4 Å². The van der Waals surface area contributed by atoms with Gasteiger partial charge in [-0.15, -0.1) is 0 Å². The maximum absolute atomic E-state index is 12.0. The third-order valence-corrected chi connectivity index (χ3v) is 3.59. The zero-order valence-corrected chi connectivity index (χ0v) is 11.2. The van der Waals surface area contributed by atoms with Crippen molar-refractivity contribution in [3.05, 3.63) is 29.3 Å². The van der Waals surface area contributed by atoms with Crippen LogP contribution in [0.4, 0.5) is 5.69 Å². The molecule has 0 aromatic heterocycles. The molecule has 96 valence electrons. The van der Waals surface area contributed by atoms with E-state index in [0.29, 0.717) is 12.0 Å². The lowest BCUT2D eigenvalue weighted by molar-refractivity contribution is -0.119. The summed E-state index contributed by atoms with van der Waals surface area (Å²) in [5.74, 6) is 0.158. The molecule has 0 saturated heterocycles. The number of anilines is 1. The van der Waals surface area contributed by atoms with Crippen molar-refractivity contribution in [1.29, 1.82) is 0 Å². The minimum absolute atomic E-state index is 0.00402. The Morgan fingerprint density at radius 1 is 1.33 bits per heavy atom. The quantitative estimate of drug-likeness (QED) is 0.827. The van der Waals surface area contributed by atoms with Gasteiger partial charge in [-0.05, 0) is 44.0 Å². The van der Waals surface area contributed by atoms with Crippen LogP contribution in [0.3, 0.4) is 0 Å². The maximum atomic E-state index is 12.0. The molecule has 1 aromatic carbocycles. The van der Waals surface area contributed by atoms with Crippen LogP contribution in [0.25, 0.3) is 0 Å². The van der Waals surface area contributed by atoms with E-state index in [0.717, 1.165) is 24.1 Å². The fourth-order valence-corrected chi connectivity index (χ4v) is 2.23. The molecule has 3 nitrogen and oxygen atoms in total. The predicted octanol–water partition coefficient (Wildman–Crippen LogP) is 3.29. The minimum atomic E-state index is -0.545. The van der Waals surface area contributed by atoms with Gasteiger partial charge in [0.15, 0.2) is 5.78 Å². The fourth-order valence-electron chi connectivity index (χ4n) is 2.23. The van der Waals surface area contributed by atoms with Crippen LogP contribution in [0, 0.1) is 0 Å². The van der Waals surface area contributed by atoms with Crippen molar-refractivity contribution in [3.8, 4) is 0 Å². The standard InChI is InChI=1S/C15H19NO2/c1-4-5-6-13(17)10-7-8-12-11(9-10)15(2,3)14(18)16-12/h7-9H,4-6H2,1-3H3,(H,16,18). The predicted molar refractivity (Wildman–Crippen MR) is 72.0 cm³/mol. The Hall–Kier alpha value is -1.64. The number of fused-ring (bicyclic) bond motifs is 1. The van der Waals surface area contributed by atoms with E-state index >= 15 is 0 Å². The third-order valence-electron chi connectivity index (χ3n) is 3.59. The van der Waals surface area contributed by atoms with Gasteiger partial charge in [-0.3, -0.25) is 9.59 Å². The normalized spacial score (nSPS) is 16.3. The van der Waals surface area contributed by atoms with Crippen LogP contribution in [-0.4, -0.2) is 11.7 Å². The molecule has 0 unspecified atom stereocenters. The van der Waals surface area contributed by atoms with E-state index in [9.17, 15) is 9.59 Å². The molecule has 3 heteroatoms. The fraction of sp³-hybridized carbons (Fsp3) is 0.467. The number of amides is 1. The summed E-state index contributed by atoms with van der Waals surface area (Å²) in [6.07, 6.45) is 2.51. The average molecular weight is 245 g/mol. The van der Waals surface area contributed by atoms with Gasteiger partial charge >= 0.3 is 0 Å². The van der Waals surface area contributed by atoms with Crippen LogP contribution < -0.4 is 5.32 Å². The minimum Gasteiger partial charge on any atom is -0.325 e. The van der Waals surface area contributed by atoms with Crippen molar-refractivity contribution in [1.82, 2.24) is 0 Å². The first-order chi connectivity index (χ1) is 8.46. The second-order valence-corrected chi connectivity index (χ2v) is 5.37. The molecule has 0 bridgehead atoms. The Bertz CT molecular complexity index is 503. The Kier molecular flexibility index (Phi) is 3.24. The van der Waals surface area contributed by atoms with Gasteiger partial charge in [0.2, 0.25) is 5.91 Å². The Morgan fingerprint density at radius 3 is 2.72 bits per heavy atom. The molecule has 18 heavy (non-hydrogen) atoms. The SMILES string of the molecule is CCCCC(=O)c1ccc2c(c1)C(C)(C)C(=O)N2. The molecule has 0 aliphatic carbocycles. The zero-order valence-electron chi connectivity index (χ0n) is 11.2. The molecule has 0 spiro atoms. The topological polar surface area (TPSA) is 46.2 Å². The molecule has 2 rings (SSSR count). The average Bonchev–Trinajstić information content (AvgIpc) is 2.57. The highest BCUT2D eigenvalue weighted by Gasteiger charge is 2.38. The number of hydrogen-bond donors (Lipinski definition) is 1. The van der Waals surface area contributed by atoms with Crippen LogP contribution in [0.2, 0.25) is 0 Å². The molecule has 1 aliphatic rings. The summed E-state index contributed by atoms with van der Waals surface area (Å²) < 4.78 is 0. The van der Waals surface area contributed by atoms with Gasteiger partial charge in [-0.2, -0.15) is 0 Å². The number of ketones is 1. The van der Waals surface area contributed by atoms with Crippen LogP contribution in [0.1, 0.15) is 56.0 Å². The number of carbonyl (C=O) groups is 2. The number of Topliss-reactive ketones (excluding diaryl/α,β-unsaturated/α-hetero) is 1. The van der Waals surface area contributed by atoms with E-state index in [4.69, 9.17) is 0 Å². The summed E-state index contributed by atoms with van der Waals surface area (Å²) in [4.78, 5) is 23.8. The second kappa shape index (κ2) is 4.56. The summed E-state index contributed by atoms with van der Waals surface area (Å²) >= 11 is 0. The van der Waals surface area contributed by atoms with Crippen molar-refractivity contribution in [2.75, 3.05) is 5.32 Å². The van der Waals surface area contributed by atoms with Gasteiger partial charge in [0.25, 0.3) is 0 Å². The number of hydrogen-bond acceptors (Lipinski definition) is 2. The zero-order chi connectivity index (χ0) is 13.3. The lowest BCUT2D eigenvalue weighted by atomic mass is 9.85. The molecular weight excluding hydrogens is 226 g/mol. The van der Waals surface area contributed by atoms with E-state index in [-0.39, 0.29) is 11.7 Å². The second-order valence-electron chi connectivity index (χ2n) is 5.37. The molecule has 0 saturated carbocycles. The molecule has 1 aromatic rings. The van der Waals surface area contributed by atoms with Gasteiger partial charge < -0.3 is 5.32 Å². The van der Waals surface area contributed by atoms with Crippen molar-refractivity contribution in [3.63, 3.8) is 0 Å². The van der Waals surface area contributed by atoms with Crippen molar-refractivity contribution in [2.24, 2.45) is 0 Å². The highest BCUT2D eigenvalue weighted by molar-refractivity contribution is 6.07. The molecule has 1 aliphatic heterocycles. The number of unbranched alkanes of at least 4 members (excludes halogenated alkanes) is 1. The summed E-state index contributed by atoms with van der Waals surface area (Å²) in [5, 5.41) is 2.85. The summed E-state index contributed by atoms with van der Waals surface area (Å²) in [5.41, 5.74) is 1.93. The van der Waals surface area contributed by atoms with Crippen LogP contribution >= 0.6 is 0 Å². The van der Waals surface area contributed by atoms with Gasteiger partial charge in [0.1, 0.15) is 0 Å². The first-order valence-electron chi connectivity index (χ1n) is 6.46. The van der Waals surface area contributed by atoms with Crippen LogP contribution in [0.15, 0.2) is 18.2 Å². The van der Waals surface area contributed by atoms with Crippen molar-refractivity contribution >= 4 is 17.4 Å². The number of nitrogens with one attached hydrogen (secondary N) is 1. The Labute approximate surface area is 108 Å². The number of carbonyl (C=O) groups excluding carboxylic acids is 2. The molecule has 0 radical (unpaired) electrons. The van der Waals surface area contributed by atoms with Gasteiger partial charge in [0, 0.05) is 17.7 Å². The van der Waals surface area contributed by atoms with Gasteiger partial charge in [-0.1, -0.05) is 13.3 Å².